The predicted octanol–water partition coefficient (Wildman–Crippen LogP) is 5.63. The van der Waals surface area contributed by atoms with Crippen LogP contribution in [0.3, 0.4) is 0 Å². The van der Waals surface area contributed by atoms with E-state index in [1.54, 1.807) is 0 Å². The number of benzene rings is 1. The van der Waals surface area contributed by atoms with E-state index in [9.17, 15) is 4.39 Å². The molecule has 1 atom stereocenters. The summed E-state index contributed by atoms with van der Waals surface area (Å²) < 4.78 is 14.3. The van der Waals surface area contributed by atoms with E-state index in [0.29, 0.717) is 5.92 Å². The Morgan fingerprint density at radius 2 is 1.90 bits per heavy atom. The van der Waals surface area contributed by atoms with Gasteiger partial charge in [0.1, 0.15) is 5.82 Å². The Labute approximate surface area is 122 Å². The van der Waals surface area contributed by atoms with Gasteiger partial charge in [-0.3, -0.25) is 0 Å². The fourth-order valence-electron chi connectivity index (χ4n) is 3.73. The molecule has 2 aliphatic rings. The molecule has 0 nitrogen and oxygen atoms in total. The lowest BCUT2D eigenvalue weighted by Gasteiger charge is -2.36. The molecular formula is C19H27F. The summed E-state index contributed by atoms with van der Waals surface area (Å²) in [4.78, 5) is 0. The van der Waals surface area contributed by atoms with Crippen LogP contribution in [0.15, 0.2) is 12.1 Å². The van der Waals surface area contributed by atoms with E-state index in [2.05, 4.69) is 26.8 Å². The minimum atomic E-state index is 0.0407. The molecule has 2 aliphatic carbocycles. The Morgan fingerprint density at radius 1 is 1.15 bits per heavy atom. The molecule has 0 amide bonds. The standard InChI is InChI=1S/C19H27F/c1-19(2,3)17-6-4-5-14-12-18(20)15(11-16(14)17)10-9-13-7-8-13/h11-13,17H,4-10H2,1-3H3. The monoisotopic (exact) mass is 274 g/mol. The smallest absolute Gasteiger partial charge is 0.126 e. The van der Waals surface area contributed by atoms with E-state index >= 15 is 0 Å². The first-order valence-corrected chi connectivity index (χ1v) is 8.26. The zero-order valence-electron chi connectivity index (χ0n) is 13.1. The van der Waals surface area contributed by atoms with Gasteiger partial charge < -0.3 is 0 Å². The number of hydrogen-bond acceptors (Lipinski definition) is 0. The van der Waals surface area contributed by atoms with Gasteiger partial charge in [0.15, 0.2) is 0 Å². The Hall–Kier alpha value is -0.850. The molecule has 0 N–H and O–H groups in total. The van der Waals surface area contributed by atoms with Gasteiger partial charge in [0, 0.05) is 0 Å². The van der Waals surface area contributed by atoms with E-state index in [-0.39, 0.29) is 11.2 Å². The minimum Gasteiger partial charge on any atom is -0.207 e. The van der Waals surface area contributed by atoms with Crippen LogP contribution in [0.4, 0.5) is 4.39 Å². The SMILES string of the molecule is CC(C)(C)C1CCCc2cc(F)c(CCC3CC3)cc21. The second-order valence-electron chi connectivity index (χ2n) is 7.94. The number of rotatable bonds is 3. The van der Waals surface area contributed by atoms with Crippen molar-refractivity contribution in [2.24, 2.45) is 11.3 Å². The lowest BCUT2D eigenvalue weighted by Crippen LogP contribution is -2.23. The lowest BCUT2D eigenvalue weighted by atomic mass is 9.69. The zero-order chi connectivity index (χ0) is 14.3. The van der Waals surface area contributed by atoms with Gasteiger partial charge in [0.05, 0.1) is 0 Å². The number of aryl methyl sites for hydroxylation is 2. The van der Waals surface area contributed by atoms with E-state index in [1.807, 2.05) is 6.07 Å². The highest BCUT2D eigenvalue weighted by Crippen LogP contribution is 2.44. The van der Waals surface area contributed by atoms with Crippen molar-refractivity contribution in [2.75, 3.05) is 0 Å². The van der Waals surface area contributed by atoms with Crippen molar-refractivity contribution in [2.45, 2.75) is 71.6 Å². The summed E-state index contributed by atoms with van der Waals surface area (Å²) in [5, 5.41) is 0. The number of hydrogen-bond donors (Lipinski definition) is 0. The molecule has 1 saturated carbocycles. The molecule has 0 aromatic heterocycles. The first kappa shape index (κ1) is 14.1. The van der Waals surface area contributed by atoms with Crippen LogP contribution in [0.5, 0.6) is 0 Å². The summed E-state index contributed by atoms with van der Waals surface area (Å²) in [6, 6.07) is 4.05. The van der Waals surface area contributed by atoms with Crippen molar-refractivity contribution in [3.05, 3.63) is 34.6 Å². The van der Waals surface area contributed by atoms with Gasteiger partial charge in [-0.25, -0.2) is 4.39 Å². The van der Waals surface area contributed by atoms with Gasteiger partial charge in [0.25, 0.3) is 0 Å². The van der Waals surface area contributed by atoms with Gasteiger partial charge >= 0.3 is 0 Å². The topological polar surface area (TPSA) is 0 Å². The van der Waals surface area contributed by atoms with Crippen LogP contribution in [0.2, 0.25) is 0 Å². The number of halogens is 1. The third kappa shape index (κ3) is 2.92. The molecule has 0 bridgehead atoms. The van der Waals surface area contributed by atoms with Crippen LogP contribution in [0.1, 0.15) is 75.5 Å². The maximum Gasteiger partial charge on any atom is 0.126 e. The van der Waals surface area contributed by atoms with Crippen molar-refractivity contribution >= 4 is 0 Å². The highest BCUT2D eigenvalue weighted by molar-refractivity contribution is 5.38. The Morgan fingerprint density at radius 3 is 2.55 bits per heavy atom. The van der Waals surface area contributed by atoms with Crippen LogP contribution in [-0.2, 0) is 12.8 Å². The molecule has 1 fully saturated rings. The Balaban J connectivity index is 1.90. The fourth-order valence-corrected chi connectivity index (χ4v) is 3.73. The van der Waals surface area contributed by atoms with Crippen molar-refractivity contribution in [3.63, 3.8) is 0 Å². The van der Waals surface area contributed by atoms with Crippen LogP contribution in [0, 0.1) is 17.2 Å². The molecule has 0 aliphatic heterocycles. The van der Waals surface area contributed by atoms with Gasteiger partial charge in [-0.1, -0.05) is 39.7 Å². The summed E-state index contributed by atoms with van der Waals surface area (Å²) in [6.45, 7) is 6.96. The van der Waals surface area contributed by atoms with Gasteiger partial charge in [-0.15, -0.1) is 0 Å². The molecule has 0 heterocycles. The minimum absolute atomic E-state index is 0.0407. The summed E-state index contributed by atoms with van der Waals surface area (Å²) in [7, 11) is 0. The van der Waals surface area contributed by atoms with Gasteiger partial charge in [-0.2, -0.15) is 0 Å². The molecule has 0 radical (unpaired) electrons. The number of fused-ring (bicyclic) bond motifs is 1. The summed E-state index contributed by atoms with van der Waals surface area (Å²) in [5.74, 6) is 1.51. The Bertz CT molecular complexity index is 491. The van der Waals surface area contributed by atoms with Gasteiger partial charge in [0.2, 0.25) is 0 Å². The Kier molecular flexibility index (Phi) is 3.64. The lowest BCUT2D eigenvalue weighted by molar-refractivity contribution is 0.289. The summed E-state index contributed by atoms with van der Waals surface area (Å²) in [6.07, 6.45) is 8.34. The second kappa shape index (κ2) is 5.16. The third-order valence-corrected chi connectivity index (χ3v) is 5.19. The third-order valence-electron chi connectivity index (χ3n) is 5.19. The van der Waals surface area contributed by atoms with Crippen molar-refractivity contribution in [1.82, 2.24) is 0 Å². The molecular weight excluding hydrogens is 247 g/mol. The molecule has 0 saturated heterocycles. The van der Waals surface area contributed by atoms with Crippen LogP contribution in [0.25, 0.3) is 0 Å². The first-order chi connectivity index (χ1) is 9.45. The molecule has 110 valence electrons. The van der Waals surface area contributed by atoms with Gasteiger partial charge in [-0.05, 0) is 72.1 Å². The maximum absolute atomic E-state index is 14.3. The van der Waals surface area contributed by atoms with Crippen LogP contribution in [-0.4, -0.2) is 0 Å². The molecule has 1 aromatic rings. The molecule has 1 aromatic carbocycles. The van der Waals surface area contributed by atoms with E-state index in [4.69, 9.17) is 0 Å². The zero-order valence-corrected chi connectivity index (χ0v) is 13.1. The van der Waals surface area contributed by atoms with E-state index in [0.717, 1.165) is 24.3 Å². The van der Waals surface area contributed by atoms with E-state index < -0.39 is 0 Å². The molecule has 1 unspecified atom stereocenters. The van der Waals surface area contributed by atoms with Crippen molar-refractivity contribution in [3.8, 4) is 0 Å². The quantitative estimate of drug-likeness (QED) is 0.669. The molecule has 1 heteroatoms. The molecule has 0 spiro atoms. The normalized spacial score (nSPS) is 22.7. The highest BCUT2D eigenvalue weighted by Gasteiger charge is 2.31. The molecule has 20 heavy (non-hydrogen) atoms. The molecule has 3 rings (SSSR count). The fraction of sp³-hybridized carbons (Fsp3) is 0.684. The largest absolute Gasteiger partial charge is 0.207 e. The second-order valence-corrected chi connectivity index (χ2v) is 7.94. The first-order valence-electron chi connectivity index (χ1n) is 8.26. The predicted molar refractivity (Wildman–Crippen MR) is 82.6 cm³/mol. The maximum atomic E-state index is 14.3. The van der Waals surface area contributed by atoms with Crippen LogP contribution < -0.4 is 0 Å². The average molecular weight is 274 g/mol. The summed E-state index contributed by atoms with van der Waals surface area (Å²) >= 11 is 0. The van der Waals surface area contributed by atoms with E-state index in [1.165, 1.54) is 43.2 Å². The summed E-state index contributed by atoms with van der Waals surface area (Å²) in [5.41, 5.74) is 3.95. The van der Waals surface area contributed by atoms with Crippen LogP contribution >= 0.6 is 0 Å². The van der Waals surface area contributed by atoms with Crippen molar-refractivity contribution in [1.29, 1.82) is 0 Å². The average Bonchev–Trinajstić information content (AvgIpc) is 3.18. The van der Waals surface area contributed by atoms with Crippen molar-refractivity contribution < 1.29 is 4.39 Å². The highest BCUT2D eigenvalue weighted by atomic mass is 19.1.